The summed E-state index contributed by atoms with van der Waals surface area (Å²) in [6, 6.07) is 11.8. The number of aromatic nitrogens is 4. The van der Waals surface area contributed by atoms with E-state index < -0.39 is 0 Å². The fraction of sp³-hybridized carbons (Fsp3) is 0.133. The van der Waals surface area contributed by atoms with Crippen molar-refractivity contribution >= 4 is 11.8 Å². The summed E-state index contributed by atoms with van der Waals surface area (Å²) in [6.07, 6.45) is 5.46. The van der Waals surface area contributed by atoms with Crippen molar-refractivity contribution in [2.75, 3.05) is 6.26 Å². The van der Waals surface area contributed by atoms with E-state index in [9.17, 15) is 5.11 Å². The van der Waals surface area contributed by atoms with Crippen LogP contribution in [0.2, 0.25) is 0 Å². The Morgan fingerprint density at radius 3 is 2.71 bits per heavy atom. The smallest absolute Gasteiger partial charge is 0.117 e. The van der Waals surface area contributed by atoms with Gasteiger partial charge in [0.05, 0.1) is 12.3 Å². The van der Waals surface area contributed by atoms with Gasteiger partial charge in [0.2, 0.25) is 0 Å². The maximum atomic E-state index is 9.51. The number of nitrogens with zero attached hydrogens (tertiary/aromatic N) is 4. The molecular weight excluding hydrogens is 284 g/mol. The third-order valence-electron chi connectivity index (χ3n) is 3.14. The van der Waals surface area contributed by atoms with Crippen LogP contribution >= 0.6 is 11.8 Å². The van der Waals surface area contributed by atoms with Crippen LogP contribution in [0.15, 0.2) is 53.7 Å². The quantitative estimate of drug-likeness (QED) is 0.750. The van der Waals surface area contributed by atoms with Gasteiger partial charge in [-0.25, -0.2) is 4.68 Å². The van der Waals surface area contributed by atoms with E-state index in [-0.39, 0.29) is 6.61 Å². The first kappa shape index (κ1) is 13.8. The SMILES string of the molecule is CSc1cccc(-n2nnc(CO)c2-c2ccncc2)c1. The van der Waals surface area contributed by atoms with Crippen molar-refractivity contribution in [3.05, 3.63) is 54.5 Å². The van der Waals surface area contributed by atoms with Gasteiger partial charge < -0.3 is 5.11 Å². The van der Waals surface area contributed by atoms with Crippen molar-refractivity contribution in [2.24, 2.45) is 0 Å². The van der Waals surface area contributed by atoms with E-state index in [1.807, 2.05) is 42.7 Å². The molecule has 0 bridgehead atoms. The van der Waals surface area contributed by atoms with Crippen LogP contribution in [0.3, 0.4) is 0 Å². The highest BCUT2D eigenvalue weighted by atomic mass is 32.2. The molecule has 0 amide bonds. The van der Waals surface area contributed by atoms with Crippen molar-refractivity contribution in [1.82, 2.24) is 20.0 Å². The molecule has 0 saturated carbocycles. The fourth-order valence-electron chi connectivity index (χ4n) is 2.14. The number of benzene rings is 1. The summed E-state index contributed by atoms with van der Waals surface area (Å²) in [5.41, 5.74) is 3.18. The van der Waals surface area contributed by atoms with Gasteiger partial charge >= 0.3 is 0 Å². The normalized spacial score (nSPS) is 10.8. The molecule has 21 heavy (non-hydrogen) atoms. The van der Waals surface area contributed by atoms with Gasteiger partial charge in [-0.3, -0.25) is 4.98 Å². The second kappa shape index (κ2) is 6.07. The molecule has 5 nitrogen and oxygen atoms in total. The Balaban J connectivity index is 2.17. The standard InChI is InChI=1S/C15H14N4OS/c1-21-13-4-2-3-12(9-13)19-15(14(10-20)17-18-19)11-5-7-16-8-6-11/h2-9,20H,10H2,1H3. The average molecular weight is 298 g/mol. The topological polar surface area (TPSA) is 63.8 Å². The molecule has 0 unspecified atom stereocenters. The number of rotatable bonds is 4. The van der Waals surface area contributed by atoms with Crippen LogP contribution in [0.1, 0.15) is 5.69 Å². The molecule has 6 heteroatoms. The first-order valence-corrected chi connectivity index (χ1v) is 7.66. The zero-order valence-corrected chi connectivity index (χ0v) is 12.3. The Kier molecular flexibility index (Phi) is 3.98. The van der Waals surface area contributed by atoms with E-state index in [4.69, 9.17) is 0 Å². The molecular formula is C15H14N4OS. The number of aliphatic hydroxyl groups excluding tert-OH is 1. The van der Waals surface area contributed by atoms with E-state index in [1.54, 1.807) is 28.8 Å². The van der Waals surface area contributed by atoms with Gasteiger partial charge in [0.1, 0.15) is 11.4 Å². The highest BCUT2D eigenvalue weighted by molar-refractivity contribution is 7.98. The highest BCUT2D eigenvalue weighted by Crippen LogP contribution is 2.26. The maximum Gasteiger partial charge on any atom is 0.117 e. The number of pyridine rings is 1. The highest BCUT2D eigenvalue weighted by Gasteiger charge is 2.15. The minimum atomic E-state index is -0.153. The summed E-state index contributed by atoms with van der Waals surface area (Å²) < 4.78 is 1.75. The van der Waals surface area contributed by atoms with Crippen LogP contribution in [0.4, 0.5) is 0 Å². The number of hydrogen-bond donors (Lipinski definition) is 1. The van der Waals surface area contributed by atoms with E-state index in [0.29, 0.717) is 5.69 Å². The largest absolute Gasteiger partial charge is 0.390 e. The van der Waals surface area contributed by atoms with Crippen molar-refractivity contribution < 1.29 is 5.11 Å². The lowest BCUT2D eigenvalue weighted by atomic mass is 10.1. The van der Waals surface area contributed by atoms with Gasteiger partial charge in [0, 0.05) is 22.9 Å². The van der Waals surface area contributed by atoms with Crippen molar-refractivity contribution in [3.8, 4) is 16.9 Å². The van der Waals surface area contributed by atoms with Crippen LogP contribution in [0.25, 0.3) is 16.9 Å². The first-order chi connectivity index (χ1) is 10.3. The number of aliphatic hydroxyl groups is 1. The monoisotopic (exact) mass is 298 g/mol. The van der Waals surface area contributed by atoms with Crippen molar-refractivity contribution in [1.29, 1.82) is 0 Å². The summed E-state index contributed by atoms with van der Waals surface area (Å²) in [7, 11) is 0. The van der Waals surface area contributed by atoms with Crippen LogP contribution in [-0.2, 0) is 6.61 Å². The molecule has 3 aromatic rings. The summed E-state index contributed by atoms with van der Waals surface area (Å²) in [4.78, 5) is 5.17. The molecule has 106 valence electrons. The summed E-state index contributed by atoms with van der Waals surface area (Å²) >= 11 is 1.67. The molecule has 3 rings (SSSR count). The Labute approximate surface area is 126 Å². The Bertz CT molecular complexity index is 742. The van der Waals surface area contributed by atoms with E-state index in [1.165, 1.54) is 0 Å². The summed E-state index contributed by atoms with van der Waals surface area (Å²) in [6.45, 7) is -0.153. The molecule has 1 aromatic carbocycles. The molecule has 0 saturated heterocycles. The van der Waals surface area contributed by atoms with E-state index in [0.717, 1.165) is 21.8 Å². The van der Waals surface area contributed by atoms with Gasteiger partial charge in [-0.05, 0) is 36.6 Å². The molecule has 0 aliphatic rings. The van der Waals surface area contributed by atoms with Gasteiger partial charge in [-0.15, -0.1) is 16.9 Å². The van der Waals surface area contributed by atoms with Gasteiger partial charge in [0.15, 0.2) is 0 Å². The van der Waals surface area contributed by atoms with Crippen LogP contribution in [0.5, 0.6) is 0 Å². The maximum absolute atomic E-state index is 9.51. The Hall–Kier alpha value is -2.18. The molecule has 0 aliphatic heterocycles. The average Bonchev–Trinajstić information content (AvgIpc) is 2.99. The first-order valence-electron chi connectivity index (χ1n) is 6.43. The van der Waals surface area contributed by atoms with Crippen molar-refractivity contribution in [3.63, 3.8) is 0 Å². The van der Waals surface area contributed by atoms with Crippen molar-refractivity contribution in [2.45, 2.75) is 11.5 Å². The predicted molar refractivity (Wildman–Crippen MR) is 82.3 cm³/mol. The van der Waals surface area contributed by atoms with E-state index in [2.05, 4.69) is 15.3 Å². The number of hydrogen-bond acceptors (Lipinski definition) is 5. The van der Waals surface area contributed by atoms with E-state index >= 15 is 0 Å². The summed E-state index contributed by atoms with van der Waals surface area (Å²) in [5.74, 6) is 0. The zero-order valence-electron chi connectivity index (χ0n) is 11.5. The van der Waals surface area contributed by atoms with Crippen LogP contribution in [-0.4, -0.2) is 31.3 Å². The molecule has 0 spiro atoms. The van der Waals surface area contributed by atoms with Gasteiger partial charge in [0.25, 0.3) is 0 Å². The van der Waals surface area contributed by atoms with Crippen LogP contribution < -0.4 is 0 Å². The molecule has 0 atom stereocenters. The molecule has 0 aliphatic carbocycles. The lowest BCUT2D eigenvalue weighted by Gasteiger charge is -2.08. The molecule has 1 N–H and O–H groups in total. The Morgan fingerprint density at radius 2 is 2.00 bits per heavy atom. The second-order valence-corrected chi connectivity index (χ2v) is 5.27. The third kappa shape index (κ3) is 2.68. The molecule has 2 aromatic heterocycles. The lowest BCUT2D eigenvalue weighted by molar-refractivity contribution is 0.277. The van der Waals surface area contributed by atoms with Gasteiger partial charge in [-0.2, -0.15) is 0 Å². The molecule has 0 radical (unpaired) electrons. The molecule has 0 fully saturated rings. The minimum absolute atomic E-state index is 0.153. The Morgan fingerprint density at radius 1 is 1.19 bits per heavy atom. The summed E-state index contributed by atoms with van der Waals surface area (Å²) in [5, 5.41) is 17.8. The molecule has 2 heterocycles. The fourth-order valence-corrected chi connectivity index (χ4v) is 2.59. The zero-order chi connectivity index (χ0) is 14.7. The van der Waals surface area contributed by atoms with Gasteiger partial charge in [-0.1, -0.05) is 11.3 Å². The number of thioether (sulfide) groups is 1. The lowest BCUT2D eigenvalue weighted by Crippen LogP contribution is -2.00. The third-order valence-corrected chi connectivity index (χ3v) is 3.87. The predicted octanol–water partition coefficient (Wildman–Crippen LogP) is 2.54. The minimum Gasteiger partial charge on any atom is -0.390 e. The van der Waals surface area contributed by atoms with Crippen LogP contribution in [0, 0.1) is 0 Å². The second-order valence-electron chi connectivity index (χ2n) is 4.39.